The Labute approximate surface area is 214 Å². The number of hydrazone groups is 2. The van der Waals surface area contributed by atoms with Crippen molar-refractivity contribution >= 4 is 44.4 Å². The summed E-state index contributed by atoms with van der Waals surface area (Å²) in [5, 5.41) is 20.0. The largest absolute Gasteiger partial charge is 0.516 e. The molecule has 1 amide bonds. The molecular formula is C24H19F4N5O4S. The molecule has 0 radical (unpaired) electrons. The quantitative estimate of drug-likeness (QED) is 0.228. The minimum Gasteiger partial charge on any atom is -0.505 e. The lowest BCUT2D eigenvalue weighted by Crippen LogP contribution is -2.29. The van der Waals surface area contributed by atoms with Gasteiger partial charge in [-0.15, -0.1) is 0 Å². The molecule has 1 heterocycles. The Kier molecular flexibility index (Phi) is 6.84. The Balaban J connectivity index is 1.58. The highest BCUT2D eigenvalue weighted by Gasteiger charge is 2.46. The van der Waals surface area contributed by atoms with Crippen LogP contribution in [0.3, 0.4) is 0 Å². The maximum absolute atomic E-state index is 13.6. The first-order valence-electron chi connectivity index (χ1n) is 10.8. The summed E-state index contributed by atoms with van der Waals surface area (Å²) in [4.78, 5) is 12.9. The number of hydrogen-bond donors (Lipinski definition) is 3. The van der Waals surface area contributed by atoms with Gasteiger partial charge in [0.05, 0.1) is 17.1 Å². The van der Waals surface area contributed by atoms with E-state index in [9.17, 15) is 35.9 Å². The fraction of sp³-hybridized carbons (Fsp3) is 0.125. The molecule has 198 valence electrons. The first kappa shape index (κ1) is 26.6. The van der Waals surface area contributed by atoms with Crippen molar-refractivity contribution in [3.8, 4) is 16.9 Å². The van der Waals surface area contributed by atoms with E-state index in [1.165, 1.54) is 53.3 Å². The van der Waals surface area contributed by atoms with Gasteiger partial charge in [0.1, 0.15) is 11.6 Å². The van der Waals surface area contributed by atoms with Gasteiger partial charge < -0.3 is 5.11 Å². The molecule has 3 aromatic carbocycles. The number of aromatic hydroxyl groups is 1. The molecule has 4 rings (SSSR count). The number of carbonyl (C=O) groups excluding carboxylic acids is 1. The molecule has 0 atom stereocenters. The number of alkyl halides is 3. The van der Waals surface area contributed by atoms with Gasteiger partial charge in [-0.25, -0.2) is 4.39 Å². The predicted molar refractivity (Wildman–Crippen MR) is 135 cm³/mol. The van der Waals surface area contributed by atoms with E-state index in [1.807, 2.05) is 0 Å². The molecule has 9 nitrogen and oxygen atoms in total. The van der Waals surface area contributed by atoms with Crippen LogP contribution in [-0.4, -0.2) is 36.4 Å². The van der Waals surface area contributed by atoms with Crippen LogP contribution in [0.2, 0.25) is 0 Å². The van der Waals surface area contributed by atoms with Crippen LogP contribution in [0.1, 0.15) is 12.5 Å². The fourth-order valence-electron chi connectivity index (χ4n) is 3.51. The number of sulfonamides is 1. The second-order valence-electron chi connectivity index (χ2n) is 8.14. The monoisotopic (exact) mass is 549 g/mol. The maximum Gasteiger partial charge on any atom is 0.516 e. The van der Waals surface area contributed by atoms with Gasteiger partial charge in [0.15, 0.2) is 5.71 Å². The number of anilines is 3. The van der Waals surface area contributed by atoms with Crippen molar-refractivity contribution in [1.82, 2.24) is 0 Å². The summed E-state index contributed by atoms with van der Waals surface area (Å²) in [5.41, 5.74) is -2.04. The Morgan fingerprint density at radius 2 is 1.74 bits per heavy atom. The molecule has 1 aliphatic heterocycles. The Morgan fingerprint density at radius 1 is 1.03 bits per heavy atom. The number of para-hydroxylation sites is 1. The number of rotatable bonds is 6. The molecule has 0 saturated carbocycles. The van der Waals surface area contributed by atoms with Crippen LogP contribution in [0.25, 0.3) is 11.1 Å². The number of carbonyl (C=O) groups is 1. The Bertz CT molecular complexity index is 1600. The van der Waals surface area contributed by atoms with Crippen LogP contribution < -0.4 is 15.2 Å². The number of nitrogens with zero attached hydrogens (tertiary/aromatic N) is 3. The summed E-state index contributed by atoms with van der Waals surface area (Å²) in [6.07, 6.45) is 0. The predicted octanol–water partition coefficient (Wildman–Crippen LogP) is 4.96. The first-order valence-corrected chi connectivity index (χ1v) is 12.3. The highest BCUT2D eigenvalue weighted by Crippen LogP contribution is 2.37. The standard InChI is InChI=1S/C24H19F4N5O4S/c1-13-11-17(9-10-19(13)25)33-23(35)21(14(2)31-33)30-29-20-8-4-7-18(22(20)34)15-5-3-6-16(12-15)32-38(36,37)24(26,27)28/h3-12,29,32,34H,1-2H3. The molecule has 3 aromatic rings. The van der Waals surface area contributed by atoms with Crippen molar-refractivity contribution in [2.24, 2.45) is 10.2 Å². The fourth-order valence-corrected chi connectivity index (χ4v) is 4.06. The third-order valence-electron chi connectivity index (χ3n) is 5.43. The van der Waals surface area contributed by atoms with E-state index in [4.69, 9.17) is 0 Å². The lowest BCUT2D eigenvalue weighted by atomic mass is 10.0. The first-order chi connectivity index (χ1) is 17.8. The molecule has 0 bridgehead atoms. The van der Waals surface area contributed by atoms with Crippen molar-refractivity contribution in [2.75, 3.05) is 15.2 Å². The van der Waals surface area contributed by atoms with Gasteiger partial charge in [-0.05, 0) is 61.4 Å². The molecular weight excluding hydrogens is 530 g/mol. The van der Waals surface area contributed by atoms with Gasteiger partial charge in [-0.2, -0.15) is 36.8 Å². The third-order valence-corrected chi connectivity index (χ3v) is 6.54. The summed E-state index contributed by atoms with van der Waals surface area (Å²) in [6, 6.07) is 13.5. The zero-order valence-corrected chi connectivity index (χ0v) is 20.5. The number of nitrogens with one attached hydrogen (secondary N) is 2. The minimum absolute atomic E-state index is 0.0490. The molecule has 38 heavy (non-hydrogen) atoms. The molecule has 3 N–H and O–H groups in total. The summed E-state index contributed by atoms with van der Waals surface area (Å²) >= 11 is 0. The molecule has 0 fully saturated rings. The van der Waals surface area contributed by atoms with Crippen LogP contribution in [-0.2, 0) is 14.8 Å². The van der Waals surface area contributed by atoms with Crippen molar-refractivity contribution in [2.45, 2.75) is 19.4 Å². The van der Waals surface area contributed by atoms with Crippen molar-refractivity contribution < 1.29 is 35.9 Å². The summed E-state index contributed by atoms with van der Waals surface area (Å²) < 4.78 is 76.1. The van der Waals surface area contributed by atoms with E-state index in [2.05, 4.69) is 15.6 Å². The number of hydrogen-bond acceptors (Lipinski definition) is 7. The molecule has 0 saturated heterocycles. The van der Waals surface area contributed by atoms with Gasteiger partial charge in [-0.3, -0.25) is 14.9 Å². The number of amides is 1. The van der Waals surface area contributed by atoms with Gasteiger partial charge >= 0.3 is 21.4 Å². The van der Waals surface area contributed by atoms with E-state index in [-0.39, 0.29) is 39.7 Å². The number of phenols is 1. The zero-order valence-electron chi connectivity index (χ0n) is 19.7. The van der Waals surface area contributed by atoms with Gasteiger partial charge in [0.2, 0.25) is 0 Å². The number of phenolic OH excluding ortho intramolecular Hbond substituents is 1. The maximum atomic E-state index is 13.6. The molecule has 0 spiro atoms. The van der Waals surface area contributed by atoms with Crippen LogP contribution in [0.5, 0.6) is 5.75 Å². The number of aryl methyl sites for hydroxylation is 1. The van der Waals surface area contributed by atoms with Crippen LogP contribution in [0, 0.1) is 12.7 Å². The van der Waals surface area contributed by atoms with Crippen LogP contribution in [0.4, 0.5) is 34.6 Å². The van der Waals surface area contributed by atoms with Gasteiger partial charge in [-0.1, -0.05) is 24.3 Å². The van der Waals surface area contributed by atoms with E-state index in [0.717, 1.165) is 17.1 Å². The second kappa shape index (κ2) is 9.78. The zero-order chi connectivity index (χ0) is 27.8. The summed E-state index contributed by atoms with van der Waals surface area (Å²) in [5.74, 6) is -1.39. The van der Waals surface area contributed by atoms with Gasteiger partial charge in [0.25, 0.3) is 0 Å². The lowest BCUT2D eigenvalue weighted by molar-refractivity contribution is -0.112. The molecule has 0 aromatic heterocycles. The topological polar surface area (TPSA) is 123 Å². The average molecular weight is 550 g/mol. The smallest absolute Gasteiger partial charge is 0.505 e. The number of benzene rings is 3. The van der Waals surface area contributed by atoms with Crippen LogP contribution in [0.15, 0.2) is 70.9 Å². The highest BCUT2D eigenvalue weighted by molar-refractivity contribution is 7.93. The average Bonchev–Trinajstić information content (AvgIpc) is 3.12. The van der Waals surface area contributed by atoms with E-state index in [0.29, 0.717) is 11.3 Å². The molecule has 14 heteroatoms. The Morgan fingerprint density at radius 3 is 2.42 bits per heavy atom. The second-order valence-corrected chi connectivity index (χ2v) is 9.82. The summed E-state index contributed by atoms with van der Waals surface area (Å²) in [7, 11) is -5.63. The van der Waals surface area contributed by atoms with Crippen molar-refractivity contribution in [1.29, 1.82) is 0 Å². The third kappa shape index (κ3) is 5.16. The van der Waals surface area contributed by atoms with Crippen molar-refractivity contribution in [3.05, 3.63) is 72.0 Å². The summed E-state index contributed by atoms with van der Waals surface area (Å²) in [6.45, 7) is 3.09. The minimum atomic E-state index is -5.63. The molecule has 0 aliphatic carbocycles. The normalized spacial score (nSPS) is 15.1. The van der Waals surface area contributed by atoms with E-state index in [1.54, 1.807) is 13.8 Å². The van der Waals surface area contributed by atoms with E-state index >= 15 is 0 Å². The SMILES string of the molecule is CC1=NN(c2ccc(F)c(C)c2)C(=O)C1=NNc1cccc(-c2cccc(NS(=O)(=O)C(F)(F)F)c2)c1O. The van der Waals surface area contributed by atoms with Crippen LogP contribution >= 0.6 is 0 Å². The van der Waals surface area contributed by atoms with E-state index < -0.39 is 27.3 Å². The highest BCUT2D eigenvalue weighted by atomic mass is 32.2. The Hall–Kier alpha value is -4.46. The molecule has 1 aliphatic rings. The lowest BCUT2D eigenvalue weighted by Gasteiger charge is -2.13. The molecule has 0 unspecified atom stereocenters. The van der Waals surface area contributed by atoms with Gasteiger partial charge in [0, 0.05) is 11.3 Å². The van der Waals surface area contributed by atoms with Crippen molar-refractivity contribution in [3.63, 3.8) is 0 Å². The number of halogens is 4.